The highest BCUT2D eigenvalue weighted by Gasteiger charge is 2.13. The van der Waals surface area contributed by atoms with Crippen molar-refractivity contribution in [3.8, 4) is 0 Å². The van der Waals surface area contributed by atoms with Gasteiger partial charge >= 0.3 is 0 Å². The first kappa shape index (κ1) is 15.1. The standard InChI is InChI=1S/C13H15BrF2N4/c1-8(2)17-5-12-18-7-20(19-12)6-9-11(15)4-3-10(14)13(9)16/h3-4,7-8,17H,5-6H2,1-2H3. The van der Waals surface area contributed by atoms with Crippen LogP contribution in [0.25, 0.3) is 0 Å². The molecular formula is C13H15BrF2N4. The molecule has 0 atom stereocenters. The van der Waals surface area contributed by atoms with Crippen LogP contribution in [-0.4, -0.2) is 20.8 Å². The van der Waals surface area contributed by atoms with E-state index in [1.165, 1.54) is 23.1 Å². The molecule has 1 N–H and O–H groups in total. The fourth-order valence-electron chi connectivity index (χ4n) is 1.66. The van der Waals surface area contributed by atoms with Crippen molar-refractivity contribution < 1.29 is 8.78 Å². The van der Waals surface area contributed by atoms with Gasteiger partial charge in [0, 0.05) is 11.6 Å². The maximum Gasteiger partial charge on any atom is 0.164 e. The van der Waals surface area contributed by atoms with Crippen molar-refractivity contribution in [3.05, 3.63) is 46.0 Å². The average molecular weight is 345 g/mol. The minimum absolute atomic E-state index is 0.00574. The van der Waals surface area contributed by atoms with E-state index in [0.29, 0.717) is 18.4 Å². The zero-order valence-corrected chi connectivity index (χ0v) is 12.8. The van der Waals surface area contributed by atoms with E-state index in [4.69, 9.17) is 0 Å². The molecule has 0 unspecified atom stereocenters. The van der Waals surface area contributed by atoms with E-state index >= 15 is 0 Å². The molecule has 0 aliphatic heterocycles. The highest BCUT2D eigenvalue weighted by Crippen LogP contribution is 2.22. The van der Waals surface area contributed by atoms with Crippen molar-refractivity contribution in [1.29, 1.82) is 0 Å². The van der Waals surface area contributed by atoms with Crippen molar-refractivity contribution in [3.63, 3.8) is 0 Å². The summed E-state index contributed by atoms with van der Waals surface area (Å²) in [7, 11) is 0. The quantitative estimate of drug-likeness (QED) is 0.848. The van der Waals surface area contributed by atoms with E-state index in [1.807, 2.05) is 13.8 Å². The van der Waals surface area contributed by atoms with Gasteiger partial charge in [0.15, 0.2) is 5.82 Å². The maximum absolute atomic E-state index is 13.8. The van der Waals surface area contributed by atoms with Crippen LogP contribution in [-0.2, 0) is 13.1 Å². The minimum Gasteiger partial charge on any atom is -0.308 e. The van der Waals surface area contributed by atoms with Gasteiger partial charge < -0.3 is 5.32 Å². The second-order valence-electron chi connectivity index (χ2n) is 4.72. The first-order valence-corrected chi connectivity index (χ1v) is 7.00. The molecule has 1 aromatic carbocycles. The molecule has 0 spiro atoms. The third-order valence-corrected chi connectivity index (χ3v) is 3.32. The number of nitrogens with zero attached hydrogens (tertiary/aromatic N) is 3. The van der Waals surface area contributed by atoms with E-state index in [2.05, 4.69) is 31.3 Å². The topological polar surface area (TPSA) is 42.7 Å². The Kier molecular flexibility index (Phi) is 4.82. The van der Waals surface area contributed by atoms with Crippen LogP contribution in [0, 0.1) is 11.6 Å². The lowest BCUT2D eigenvalue weighted by Gasteiger charge is -2.06. The third-order valence-electron chi connectivity index (χ3n) is 2.71. The van der Waals surface area contributed by atoms with Gasteiger partial charge in [-0.15, -0.1) is 0 Å². The van der Waals surface area contributed by atoms with Crippen molar-refractivity contribution in [1.82, 2.24) is 20.1 Å². The van der Waals surface area contributed by atoms with Gasteiger partial charge in [0.05, 0.1) is 17.6 Å². The van der Waals surface area contributed by atoms with Gasteiger partial charge in [0.2, 0.25) is 0 Å². The summed E-state index contributed by atoms with van der Waals surface area (Å²) >= 11 is 3.04. The smallest absolute Gasteiger partial charge is 0.164 e. The molecule has 0 saturated heterocycles. The SMILES string of the molecule is CC(C)NCc1ncn(Cc2c(F)ccc(Br)c2F)n1. The summed E-state index contributed by atoms with van der Waals surface area (Å²) in [6.07, 6.45) is 1.47. The number of hydrogen-bond acceptors (Lipinski definition) is 3. The van der Waals surface area contributed by atoms with Crippen LogP contribution in [0.15, 0.2) is 22.9 Å². The van der Waals surface area contributed by atoms with Crippen LogP contribution >= 0.6 is 15.9 Å². The Balaban J connectivity index is 2.13. The molecule has 1 aromatic heterocycles. The monoisotopic (exact) mass is 344 g/mol. The second-order valence-corrected chi connectivity index (χ2v) is 5.57. The number of aromatic nitrogens is 3. The minimum atomic E-state index is -0.609. The van der Waals surface area contributed by atoms with Gasteiger partial charge in [0.25, 0.3) is 0 Å². The second kappa shape index (κ2) is 6.41. The molecular weight excluding hydrogens is 330 g/mol. The summed E-state index contributed by atoms with van der Waals surface area (Å²) in [5.74, 6) is -0.611. The van der Waals surface area contributed by atoms with Gasteiger partial charge in [-0.3, -0.25) is 0 Å². The van der Waals surface area contributed by atoms with E-state index < -0.39 is 11.6 Å². The number of rotatable bonds is 5. The summed E-state index contributed by atoms with van der Waals surface area (Å²) in [6.45, 7) is 4.56. The fourth-order valence-corrected chi connectivity index (χ4v) is 2.03. The lowest BCUT2D eigenvalue weighted by molar-refractivity contribution is 0.524. The van der Waals surface area contributed by atoms with Gasteiger partial charge in [-0.1, -0.05) is 13.8 Å². The zero-order valence-electron chi connectivity index (χ0n) is 11.2. The molecule has 0 radical (unpaired) electrons. The molecule has 0 aliphatic rings. The lowest BCUT2D eigenvalue weighted by atomic mass is 10.2. The Hall–Kier alpha value is -1.34. The Morgan fingerprint density at radius 3 is 2.80 bits per heavy atom. The Bertz CT molecular complexity index is 598. The molecule has 2 rings (SSSR count). The van der Waals surface area contributed by atoms with Gasteiger partial charge in [-0.05, 0) is 28.1 Å². The van der Waals surface area contributed by atoms with E-state index in [9.17, 15) is 8.78 Å². The third kappa shape index (κ3) is 3.61. The average Bonchev–Trinajstić information content (AvgIpc) is 2.85. The molecule has 20 heavy (non-hydrogen) atoms. The molecule has 4 nitrogen and oxygen atoms in total. The molecule has 7 heteroatoms. The Morgan fingerprint density at radius 1 is 1.35 bits per heavy atom. The Morgan fingerprint density at radius 2 is 2.10 bits per heavy atom. The summed E-state index contributed by atoms with van der Waals surface area (Å²) in [5.41, 5.74) is -0.0346. The zero-order chi connectivity index (χ0) is 14.7. The van der Waals surface area contributed by atoms with Crippen LogP contribution < -0.4 is 5.32 Å². The molecule has 0 fully saturated rings. The van der Waals surface area contributed by atoms with Crippen molar-refractivity contribution in [2.75, 3.05) is 0 Å². The van der Waals surface area contributed by atoms with Crippen molar-refractivity contribution in [2.45, 2.75) is 33.0 Å². The predicted octanol–water partition coefficient (Wildman–Crippen LogP) is 2.87. The fraction of sp³-hybridized carbons (Fsp3) is 0.385. The number of hydrogen-bond donors (Lipinski definition) is 1. The van der Waals surface area contributed by atoms with Crippen LogP contribution in [0.1, 0.15) is 25.2 Å². The van der Waals surface area contributed by atoms with Gasteiger partial charge in [-0.25, -0.2) is 18.4 Å². The lowest BCUT2D eigenvalue weighted by Crippen LogP contribution is -2.22. The summed E-state index contributed by atoms with van der Waals surface area (Å²) < 4.78 is 29.1. The molecule has 1 heterocycles. The van der Waals surface area contributed by atoms with Crippen LogP contribution in [0.4, 0.5) is 8.78 Å². The summed E-state index contributed by atoms with van der Waals surface area (Å²) in [4.78, 5) is 4.10. The highest BCUT2D eigenvalue weighted by molar-refractivity contribution is 9.10. The van der Waals surface area contributed by atoms with Crippen LogP contribution in [0.2, 0.25) is 0 Å². The number of nitrogens with one attached hydrogen (secondary N) is 1. The van der Waals surface area contributed by atoms with Crippen LogP contribution in [0.5, 0.6) is 0 Å². The van der Waals surface area contributed by atoms with E-state index in [-0.39, 0.29) is 16.6 Å². The maximum atomic E-state index is 13.8. The van der Waals surface area contributed by atoms with Crippen LogP contribution in [0.3, 0.4) is 0 Å². The van der Waals surface area contributed by atoms with E-state index in [1.54, 1.807) is 0 Å². The molecule has 0 saturated carbocycles. The van der Waals surface area contributed by atoms with Gasteiger partial charge in [0.1, 0.15) is 18.0 Å². The van der Waals surface area contributed by atoms with Gasteiger partial charge in [-0.2, -0.15) is 5.10 Å². The van der Waals surface area contributed by atoms with Crippen molar-refractivity contribution in [2.24, 2.45) is 0 Å². The number of halogens is 3. The Labute approximate surface area is 124 Å². The summed E-state index contributed by atoms with van der Waals surface area (Å²) in [5, 5.41) is 7.36. The normalized spacial score (nSPS) is 11.3. The predicted molar refractivity (Wildman–Crippen MR) is 75.2 cm³/mol. The largest absolute Gasteiger partial charge is 0.308 e. The van der Waals surface area contributed by atoms with E-state index in [0.717, 1.165) is 0 Å². The molecule has 0 bridgehead atoms. The first-order chi connectivity index (χ1) is 9.47. The van der Waals surface area contributed by atoms with Crippen molar-refractivity contribution >= 4 is 15.9 Å². The molecule has 108 valence electrons. The molecule has 0 aliphatic carbocycles. The highest BCUT2D eigenvalue weighted by atomic mass is 79.9. The summed E-state index contributed by atoms with van der Waals surface area (Å²) in [6, 6.07) is 2.88. The molecule has 0 amide bonds. The first-order valence-electron chi connectivity index (χ1n) is 6.21. The molecule has 2 aromatic rings. The number of benzene rings is 1.